The Hall–Kier alpha value is -1.69. The number of nitrogens with zero attached hydrogens (tertiary/aromatic N) is 2. The summed E-state index contributed by atoms with van der Waals surface area (Å²) < 4.78 is 4.91. The fourth-order valence-electron chi connectivity index (χ4n) is 1.24. The molecule has 1 heterocycles. The third-order valence-electron chi connectivity index (χ3n) is 2.47. The van der Waals surface area contributed by atoms with Gasteiger partial charge in [0.1, 0.15) is 5.69 Å². The van der Waals surface area contributed by atoms with Crippen molar-refractivity contribution in [3.05, 3.63) is 18.0 Å². The Labute approximate surface area is 107 Å². The summed E-state index contributed by atoms with van der Waals surface area (Å²) in [7, 11) is 1.62. The third kappa shape index (κ3) is 4.67. The molecule has 0 saturated carbocycles. The van der Waals surface area contributed by atoms with Crippen LogP contribution in [0.15, 0.2) is 12.3 Å². The Morgan fingerprint density at radius 2 is 2.33 bits per heavy atom. The van der Waals surface area contributed by atoms with Gasteiger partial charge in [-0.05, 0) is 19.4 Å². The molecule has 6 heteroatoms. The monoisotopic (exact) mass is 252 g/mol. The van der Waals surface area contributed by atoms with Crippen LogP contribution in [0.2, 0.25) is 0 Å². The summed E-state index contributed by atoms with van der Waals surface area (Å²) in [4.78, 5) is 20.0. The third-order valence-corrected chi connectivity index (χ3v) is 2.47. The average Bonchev–Trinajstić information content (AvgIpc) is 2.39. The van der Waals surface area contributed by atoms with Crippen LogP contribution in [-0.2, 0) is 4.74 Å². The molecule has 0 fully saturated rings. The fraction of sp³-hybridized carbons (Fsp3) is 0.583. The van der Waals surface area contributed by atoms with Crippen molar-refractivity contribution in [1.82, 2.24) is 15.3 Å². The average molecular weight is 252 g/mol. The number of methoxy groups -OCH3 is 1. The van der Waals surface area contributed by atoms with Crippen molar-refractivity contribution in [3.63, 3.8) is 0 Å². The Kier molecular flexibility index (Phi) is 6.07. The van der Waals surface area contributed by atoms with Crippen LogP contribution in [0.1, 0.15) is 30.8 Å². The number of hydrogen-bond donors (Lipinski definition) is 2. The molecular formula is C12H20N4O2. The highest BCUT2D eigenvalue weighted by molar-refractivity contribution is 5.92. The van der Waals surface area contributed by atoms with Crippen molar-refractivity contribution in [2.45, 2.75) is 26.3 Å². The second-order valence-electron chi connectivity index (χ2n) is 3.97. The summed E-state index contributed by atoms with van der Waals surface area (Å²) in [6, 6.07) is 1.73. The van der Waals surface area contributed by atoms with E-state index in [9.17, 15) is 4.79 Å². The number of rotatable bonds is 7. The van der Waals surface area contributed by atoms with Gasteiger partial charge in [0, 0.05) is 25.9 Å². The van der Waals surface area contributed by atoms with Crippen molar-refractivity contribution in [1.29, 1.82) is 0 Å². The molecule has 6 nitrogen and oxygen atoms in total. The molecule has 1 aromatic heterocycles. The van der Waals surface area contributed by atoms with E-state index in [2.05, 4.69) is 20.6 Å². The second kappa shape index (κ2) is 7.60. The molecule has 1 amide bonds. The van der Waals surface area contributed by atoms with E-state index in [4.69, 9.17) is 4.74 Å². The van der Waals surface area contributed by atoms with Gasteiger partial charge in [0.05, 0.1) is 6.61 Å². The topological polar surface area (TPSA) is 76.1 Å². The molecule has 2 N–H and O–H groups in total. The first-order valence-corrected chi connectivity index (χ1v) is 6.04. The van der Waals surface area contributed by atoms with Crippen molar-refractivity contribution in [3.8, 4) is 0 Å². The number of carbonyl (C=O) groups excluding carboxylic acids is 1. The normalized spacial score (nSPS) is 11.9. The van der Waals surface area contributed by atoms with E-state index in [1.54, 1.807) is 19.4 Å². The Bertz CT molecular complexity index is 384. The molecule has 1 unspecified atom stereocenters. The SMILES string of the molecule is CCC(C)NC(=O)c1ccnc(NCCOC)n1. The van der Waals surface area contributed by atoms with E-state index in [0.717, 1.165) is 6.42 Å². The smallest absolute Gasteiger partial charge is 0.270 e. The van der Waals surface area contributed by atoms with Crippen LogP contribution < -0.4 is 10.6 Å². The highest BCUT2D eigenvalue weighted by Crippen LogP contribution is 2.01. The van der Waals surface area contributed by atoms with E-state index in [1.807, 2.05) is 13.8 Å². The van der Waals surface area contributed by atoms with Gasteiger partial charge in [-0.1, -0.05) is 6.92 Å². The molecule has 0 radical (unpaired) electrons. The maximum atomic E-state index is 11.8. The van der Waals surface area contributed by atoms with Gasteiger partial charge < -0.3 is 15.4 Å². The summed E-state index contributed by atoms with van der Waals surface area (Å²) >= 11 is 0. The van der Waals surface area contributed by atoms with Crippen molar-refractivity contribution >= 4 is 11.9 Å². The van der Waals surface area contributed by atoms with Crippen LogP contribution in [0.5, 0.6) is 0 Å². The molecule has 18 heavy (non-hydrogen) atoms. The van der Waals surface area contributed by atoms with Crippen molar-refractivity contribution < 1.29 is 9.53 Å². The summed E-state index contributed by atoms with van der Waals surface area (Å²) in [5, 5.41) is 5.84. The van der Waals surface area contributed by atoms with Crippen LogP contribution in [0, 0.1) is 0 Å². The van der Waals surface area contributed by atoms with Gasteiger partial charge in [-0.15, -0.1) is 0 Å². The number of nitrogens with one attached hydrogen (secondary N) is 2. The number of carbonyl (C=O) groups is 1. The summed E-state index contributed by atoms with van der Waals surface area (Å²) in [6.07, 6.45) is 2.45. The zero-order chi connectivity index (χ0) is 13.4. The first-order valence-electron chi connectivity index (χ1n) is 6.04. The van der Waals surface area contributed by atoms with E-state index in [-0.39, 0.29) is 11.9 Å². The van der Waals surface area contributed by atoms with E-state index < -0.39 is 0 Å². The summed E-state index contributed by atoms with van der Waals surface area (Å²) in [6.45, 7) is 5.14. The summed E-state index contributed by atoms with van der Waals surface area (Å²) in [5.74, 6) is 0.255. The van der Waals surface area contributed by atoms with Gasteiger partial charge in [-0.3, -0.25) is 4.79 Å². The van der Waals surface area contributed by atoms with Crippen molar-refractivity contribution in [2.24, 2.45) is 0 Å². The van der Waals surface area contributed by atoms with Crippen LogP contribution in [-0.4, -0.2) is 42.2 Å². The minimum absolute atomic E-state index is 0.136. The van der Waals surface area contributed by atoms with E-state index in [0.29, 0.717) is 24.8 Å². The zero-order valence-corrected chi connectivity index (χ0v) is 11.1. The Morgan fingerprint density at radius 3 is 3.00 bits per heavy atom. The first-order chi connectivity index (χ1) is 8.67. The van der Waals surface area contributed by atoms with Crippen molar-refractivity contribution in [2.75, 3.05) is 25.6 Å². The largest absolute Gasteiger partial charge is 0.383 e. The Morgan fingerprint density at radius 1 is 1.56 bits per heavy atom. The highest BCUT2D eigenvalue weighted by Gasteiger charge is 2.10. The fourth-order valence-corrected chi connectivity index (χ4v) is 1.24. The molecule has 1 rings (SSSR count). The molecule has 100 valence electrons. The lowest BCUT2D eigenvalue weighted by atomic mass is 10.2. The predicted molar refractivity (Wildman–Crippen MR) is 69.6 cm³/mol. The second-order valence-corrected chi connectivity index (χ2v) is 3.97. The molecule has 1 atom stereocenters. The maximum absolute atomic E-state index is 11.8. The predicted octanol–water partition coefficient (Wildman–Crippen LogP) is 1.06. The van der Waals surface area contributed by atoms with Crippen LogP contribution in [0.3, 0.4) is 0 Å². The van der Waals surface area contributed by atoms with Gasteiger partial charge in [-0.2, -0.15) is 0 Å². The van der Waals surface area contributed by atoms with E-state index >= 15 is 0 Å². The number of ether oxygens (including phenoxy) is 1. The minimum Gasteiger partial charge on any atom is -0.383 e. The van der Waals surface area contributed by atoms with Gasteiger partial charge in [0.15, 0.2) is 0 Å². The molecule has 1 aromatic rings. The molecule has 0 aromatic carbocycles. The highest BCUT2D eigenvalue weighted by atomic mass is 16.5. The van der Waals surface area contributed by atoms with Crippen LogP contribution >= 0.6 is 0 Å². The number of aromatic nitrogens is 2. The van der Waals surface area contributed by atoms with Gasteiger partial charge in [0.2, 0.25) is 5.95 Å². The lowest BCUT2D eigenvalue weighted by Crippen LogP contribution is -2.32. The zero-order valence-electron chi connectivity index (χ0n) is 11.1. The lowest BCUT2D eigenvalue weighted by Gasteiger charge is -2.11. The molecule has 0 bridgehead atoms. The standard InChI is InChI=1S/C12H20N4O2/c1-4-9(2)15-11(17)10-5-6-13-12(16-10)14-7-8-18-3/h5-6,9H,4,7-8H2,1-3H3,(H,15,17)(H,13,14,16). The molecule has 0 saturated heterocycles. The maximum Gasteiger partial charge on any atom is 0.270 e. The van der Waals surface area contributed by atoms with Gasteiger partial charge >= 0.3 is 0 Å². The molecule has 0 aliphatic heterocycles. The Balaban J connectivity index is 2.60. The number of amides is 1. The molecule has 0 aliphatic carbocycles. The quantitative estimate of drug-likeness (QED) is 0.710. The number of anilines is 1. The minimum atomic E-state index is -0.179. The first kappa shape index (κ1) is 14.4. The lowest BCUT2D eigenvalue weighted by molar-refractivity contribution is 0.0934. The van der Waals surface area contributed by atoms with Gasteiger partial charge in [-0.25, -0.2) is 9.97 Å². The van der Waals surface area contributed by atoms with Crippen LogP contribution in [0.25, 0.3) is 0 Å². The molecule has 0 spiro atoms. The summed E-state index contributed by atoms with van der Waals surface area (Å²) in [5.41, 5.74) is 0.366. The number of hydrogen-bond acceptors (Lipinski definition) is 5. The molecule has 0 aliphatic rings. The molecular weight excluding hydrogens is 232 g/mol. The van der Waals surface area contributed by atoms with Gasteiger partial charge in [0.25, 0.3) is 5.91 Å². The van der Waals surface area contributed by atoms with E-state index in [1.165, 1.54) is 0 Å². The van der Waals surface area contributed by atoms with Crippen LogP contribution in [0.4, 0.5) is 5.95 Å².